The van der Waals surface area contributed by atoms with E-state index in [1.165, 1.54) is 6.20 Å². The lowest BCUT2D eigenvalue weighted by atomic mass is 10.5. The van der Waals surface area contributed by atoms with Crippen LogP contribution in [0, 0.1) is 0 Å². The van der Waals surface area contributed by atoms with Gasteiger partial charge >= 0.3 is 0 Å². The van der Waals surface area contributed by atoms with Gasteiger partial charge in [0, 0.05) is 13.6 Å². The van der Waals surface area contributed by atoms with E-state index in [2.05, 4.69) is 16.5 Å². The maximum Gasteiger partial charge on any atom is 0.224 e. The average molecular weight is 218 g/mol. The second kappa shape index (κ2) is 4.44. The second-order valence-electron chi connectivity index (χ2n) is 2.48. The Hall–Kier alpha value is -0.800. The Morgan fingerprint density at radius 2 is 2.31 bits per heavy atom. The summed E-state index contributed by atoms with van der Waals surface area (Å²) in [4.78, 5) is 9.58. The molecule has 0 atom stereocenters. The summed E-state index contributed by atoms with van der Waals surface area (Å²) in [7, 11) is 1.85. The van der Waals surface area contributed by atoms with Crippen LogP contribution in [0.5, 0.6) is 0 Å². The molecule has 0 fully saturated rings. The van der Waals surface area contributed by atoms with E-state index < -0.39 is 0 Å². The van der Waals surface area contributed by atoms with Crippen molar-refractivity contribution in [1.29, 1.82) is 0 Å². The first-order valence-electron chi connectivity index (χ1n) is 3.65. The van der Waals surface area contributed by atoms with Crippen LogP contribution in [0.4, 0.5) is 5.82 Å². The van der Waals surface area contributed by atoms with Crippen LogP contribution < -0.4 is 4.90 Å². The van der Waals surface area contributed by atoms with Crippen molar-refractivity contribution in [3.8, 4) is 0 Å². The first-order valence-corrected chi connectivity index (χ1v) is 4.41. The third-order valence-corrected chi connectivity index (χ3v) is 1.91. The summed E-state index contributed by atoms with van der Waals surface area (Å²) < 4.78 is 0. The van der Waals surface area contributed by atoms with E-state index >= 15 is 0 Å². The van der Waals surface area contributed by atoms with Crippen molar-refractivity contribution in [2.75, 3.05) is 18.5 Å². The molecule has 3 nitrogen and oxygen atoms in total. The lowest BCUT2D eigenvalue weighted by molar-refractivity contribution is 0.976. The lowest BCUT2D eigenvalue weighted by Gasteiger charge is -2.16. The fourth-order valence-electron chi connectivity index (χ4n) is 0.885. The number of hydrogen-bond acceptors (Lipinski definition) is 3. The molecule has 70 valence electrons. The molecule has 0 unspecified atom stereocenters. The molecule has 0 aliphatic carbocycles. The van der Waals surface area contributed by atoms with Gasteiger partial charge in [-0.05, 0) is 11.6 Å². The van der Waals surface area contributed by atoms with Gasteiger partial charge in [0.2, 0.25) is 5.28 Å². The van der Waals surface area contributed by atoms with Crippen LogP contribution in [0.2, 0.25) is 10.3 Å². The molecule has 0 saturated carbocycles. The molecule has 5 heteroatoms. The number of nitrogens with zero attached hydrogens (tertiary/aromatic N) is 3. The molecule has 13 heavy (non-hydrogen) atoms. The van der Waals surface area contributed by atoms with Gasteiger partial charge in [-0.25, -0.2) is 4.98 Å². The summed E-state index contributed by atoms with van der Waals surface area (Å²) in [6.45, 7) is 4.28. The number of hydrogen-bond donors (Lipinski definition) is 0. The van der Waals surface area contributed by atoms with Crippen LogP contribution in [-0.2, 0) is 0 Å². The largest absolute Gasteiger partial charge is 0.355 e. The number of aromatic nitrogens is 2. The molecule has 0 bridgehead atoms. The SMILES string of the molecule is C=CCN(C)c1nc(Cl)ncc1Cl. The van der Waals surface area contributed by atoms with Crippen molar-refractivity contribution in [3.63, 3.8) is 0 Å². The van der Waals surface area contributed by atoms with E-state index in [4.69, 9.17) is 23.2 Å². The van der Waals surface area contributed by atoms with E-state index in [9.17, 15) is 0 Å². The van der Waals surface area contributed by atoms with Crippen molar-refractivity contribution < 1.29 is 0 Å². The highest BCUT2D eigenvalue weighted by molar-refractivity contribution is 6.33. The topological polar surface area (TPSA) is 29.0 Å². The zero-order valence-corrected chi connectivity index (χ0v) is 8.68. The zero-order chi connectivity index (χ0) is 9.84. The van der Waals surface area contributed by atoms with Crippen LogP contribution in [0.25, 0.3) is 0 Å². The summed E-state index contributed by atoms with van der Waals surface area (Å²) in [5.41, 5.74) is 0. The highest BCUT2D eigenvalue weighted by atomic mass is 35.5. The van der Waals surface area contributed by atoms with Gasteiger partial charge in [-0.1, -0.05) is 17.7 Å². The molecule has 0 radical (unpaired) electrons. The first-order chi connectivity index (χ1) is 6.15. The Morgan fingerprint density at radius 1 is 1.62 bits per heavy atom. The summed E-state index contributed by atoms with van der Waals surface area (Å²) in [6.07, 6.45) is 3.23. The third-order valence-electron chi connectivity index (χ3n) is 1.46. The molecule has 0 aliphatic heterocycles. The smallest absolute Gasteiger partial charge is 0.224 e. The molecule has 0 spiro atoms. The van der Waals surface area contributed by atoms with E-state index in [0.29, 0.717) is 17.4 Å². The van der Waals surface area contributed by atoms with Crippen molar-refractivity contribution in [2.45, 2.75) is 0 Å². The molecule has 0 aromatic carbocycles. The second-order valence-corrected chi connectivity index (χ2v) is 3.23. The van der Waals surface area contributed by atoms with Gasteiger partial charge in [0.25, 0.3) is 0 Å². The van der Waals surface area contributed by atoms with E-state index in [1.54, 1.807) is 6.08 Å². The molecule has 0 amide bonds. The van der Waals surface area contributed by atoms with Gasteiger partial charge in [0.15, 0.2) is 5.82 Å². The minimum Gasteiger partial charge on any atom is -0.355 e. The fraction of sp³-hybridized carbons (Fsp3) is 0.250. The Labute approximate surface area is 87.0 Å². The normalized spacial score (nSPS) is 9.77. The van der Waals surface area contributed by atoms with Gasteiger partial charge in [0.1, 0.15) is 5.02 Å². The van der Waals surface area contributed by atoms with E-state index in [-0.39, 0.29) is 5.28 Å². The Balaban J connectivity index is 2.97. The fourth-order valence-corrected chi connectivity index (χ4v) is 1.25. The quantitative estimate of drug-likeness (QED) is 0.576. The van der Waals surface area contributed by atoms with Crippen molar-refractivity contribution in [2.24, 2.45) is 0 Å². The zero-order valence-electron chi connectivity index (χ0n) is 7.17. The van der Waals surface area contributed by atoms with Crippen molar-refractivity contribution in [3.05, 3.63) is 29.2 Å². The van der Waals surface area contributed by atoms with Gasteiger partial charge in [-0.15, -0.1) is 6.58 Å². The molecule has 0 N–H and O–H groups in total. The molecule has 1 aromatic rings. The van der Waals surface area contributed by atoms with E-state index in [1.807, 2.05) is 11.9 Å². The predicted octanol–water partition coefficient (Wildman–Crippen LogP) is 2.41. The molecule has 0 saturated heterocycles. The number of rotatable bonds is 3. The molecule has 1 heterocycles. The number of anilines is 1. The van der Waals surface area contributed by atoms with Crippen LogP contribution in [0.1, 0.15) is 0 Å². The predicted molar refractivity (Wildman–Crippen MR) is 55.5 cm³/mol. The Bertz CT molecular complexity index is 314. The molecule has 1 aromatic heterocycles. The highest BCUT2D eigenvalue weighted by Gasteiger charge is 2.07. The van der Waals surface area contributed by atoms with E-state index in [0.717, 1.165) is 0 Å². The van der Waals surface area contributed by atoms with Gasteiger partial charge < -0.3 is 4.90 Å². The van der Waals surface area contributed by atoms with Gasteiger partial charge in [-0.2, -0.15) is 4.98 Å². The van der Waals surface area contributed by atoms with Crippen molar-refractivity contribution in [1.82, 2.24) is 9.97 Å². The lowest BCUT2D eigenvalue weighted by Crippen LogP contribution is -2.18. The Morgan fingerprint density at radius 3 is 2.92 bits per heavy atom. The average Bonchev–Trinajstić information content (AvgIpc) is 2.09. The first kappa shape index (κ1) is 10.3. The number of halogens is 2. The van der Waals surface area contributed by atoms with Crippen LogP contribution in [0.15, 0.2) is 18.9 Å². The number of likely N-dealkylation sites (N-methyl/N-ethyl adjacent to an activating group) is 1. The summed E-state index contributed by atoms with van der Waals surface area (Å²) in [5, 5.41) is 0.670. The summed E-state index contributed by atoms with van der Waals surface area (Å²) >= 11 is 11.5. The van der Waals surface area contributed by atoms with Gasteiger partial charge in [-0.3, -0.25) is 0 Å². The van der Waals surface area contributed by atoms with Crippen molar-refractivity contribution >= 4 is 29.0 Å². The monoisotopic (exact) mass is 217 g/mol. The molecule has 1 rings (SSSR count). The summed E-state index contributed by atoms with van der Waals surface area (Å²) in [5.74, 6) is 0.613. The minimum atomic E-state index is 0.190. The highest BCUT2D eigenvalue weighted by Crippen LogP contribution is 2.22. The molecular weight excluding hydrogens is 209 g/mol. The molecular formula is C8H9Cl2N3. The summed E-state index contributed by atoms with van der Waals surface area (Å²) in [6, 6.07) is 0. The maximum atomic E-state index is 5.87. The third kappa shape index (κ3) is 2.57. The van der Waals surface area contributed by atoms with Gasteiger partial charge in [0.05, 0.1) is 6.20 Å². The Kier molecular flexibility index (Phi) is 3.51. The molecule has 0 aliphatic rings. The minimum absolute atomic E-state index is 0.190. The van der Waals surface area contributed by atoms with Crippen LogP contribution in [0.3, 0.4) is 0 Å². The van der Waals surface area contributed by atoms with Crippen LogP contribution >= 0.6 is 23.2 Å². The maximum absolute atomic E-state index is 5.87. The standard InChI is InChI=1S/C8H9Cl2N3/c1-3-4-13(2)7-6(9)5-11-8(10)12-7/h3,5H,1,4H2,2H3. The van der Waals surface area contributed by atoms with Crippen LogP contribution in [-0.4, -0.2) is 23.6 Å².